The zero-order valence-electron chi connectivity index (χ0n) is 21.1. The molecule has 0 saturated heterocycles. The zero-order chi connectivity index (χ0) is 27.8. The van der Waals surface area contributed by atoms with Crippen molar-refractivity contribution in [2.24, 2.45) is 5.92 Å². The van der Waals surface area contributed by atoms with Crippen LogP contribution in [0.1, 0.15) is 51.2 Å². The van der Waals surface area contributed by atoms with Gasteiger partial charge < -0.3 is 29.4 Å². The van der Waals surface area contributed by atoms with Gasteiger partial charge in [0.2, 0.25) is 12.0 Å². The quantitative estimate of drug-likeness (QED) is 0.252. The number of halogens is 3. The number of alkyl halides is 3. The van der Waals surface area contributed by atoms with Gasteiger partial charge in [0.1, 0.15) is 12.5 Å². The molecular weight excluding hydrogens is 497 g/mol. The second kappa shape index (κ2) is 12.9. The Labute approximate surface area is 213 Å². The normalized spacial score (nSPS) is 21.8. The number of hydrogen-bond acceptors (Lipinski definition) is 9. The van der Waals surface area contributed by atoms with Crippen LogP contribution in [0.25, 0.3) is 0 Å². The number of carbonyl (C=O) groups is 2. The van der Waals surface area contributed by atoms with E-state index in [0.29, 0.717) is 0 Å². The van der Waals surface area contributed by atoms with E-state index < -0.39 is 53.1 Å². The first-order valence-electron chi connectivity index (χ1n) is 11.8. The molecule has 0 spiro atoms. The summed E-state index contributed by atoms with van der Waals surface area (Å²) < 4.78 is 63.8. The first-order chi connectivity index (χ1) is 17.5. The Hall–Kier alpha value is -3.14. The third-order valence-corrected chi connectivity index (χ3v) is 5.71. The second-order valence-corrected chi connectivity index (χ2v) is 8.07. The minimum Gasteiger partial charge on any atom is -0.466 e. The fraction of sp³-hybridized carbons (Fsp3) is 0.560. The molecule has 3 atom stereocenters. The first kappa shape index (κ1) is 30.1. The van der Waals surface area contributed by atoms with Crippen LogP contribution < -0.4 is 5.32 Å². The molecule has 0 saturated carbocycles. The molecular formula is C25H31F3N2O7. The molecule has 204 valence electrons. The van der Waals surface area contributed by atoms with E-state index in [1.807, 2.05) is 0 Å². The third-order valence-electron chi connectivity index (χ3n) is 5.71. The van der Waals surface area contributed by atoms with E-state index in [0.717, 1.165) is 12.1 Å². The van der Waals surface area contributed by atoms with Crippen molar-refractivity contribution in [3.63, 3.8) is 0 Å². The molecule has 1 aromatic carbocycles. The van der Waals surface area contributed by atoms with E-state index in [1.165, 1.54) is 26.0 Å². The Morgan fingerprint density at radius 3 is 2.30 bits per heavy atom. The molecule has 0 aliphatic carbocycles. The molecule has 9 nitrogen and oxygen atoms in total. The third kappa shape index (κ3) is 6.60. The fourth-order valence-corrected chi connectivity index (χ4v) is 4.37. The highest BCUT2D eigenvalue weighted by Crippen LogP contribution is 2.48. The summed E-state index contributed by atoms with van der Waals surface area (Å²) in [6, 6.07) is 6.24. The molecule has 1 aliphatic heterocycles. The van der Waals surface area contributed by atoms with Crippen LogP contribution in [0.2, 0.25) is 0 Å². The molecule has 37 heavy (non-hydrogen) atoms. The number of aliphatic hydroxyl groups is 1. The van der Waals surface area contributed by atoms with Crippen LogP contribution >= 0.6 is 0 Å². The molecule has 1 aromatic rings. The van der Waals surface area contributed by atoms with Gasteiger partial charge in [0.15, 0.2) is 0 Å². The molecule has 0 bridgehead atoms. The molecule has 1 aliphatic rings. The van der Waals surface area contributed by atoms with Crippen LogP contribution in [-0.4, -0.2) is 55.5 Å². The summed E-state index contributed by atoms with van der Waals surface area (Å²) in [5.74, 6) is -5.65. The lowest BCUT2D eigenvalue weighted by Crippen LogP contribution is -2.67. The molecule has 12 heteroatoms. The van der Waals surface area contributed by atoms with Crippen molar-refractivity contribution in [1.29, 1.82) is 5.26 Å². The minimum atomic E-state index is -4.86. The SMILES string of the molecule is CCOC(=O)[C@@H]1[C@@H](c2ccccc2C(F)(F)F)C(C(=O)OCCC#N)=C(C)N[C@@]1(O)C(OCC)OCC. The monoisotopic (exact) mass is 528 g/mol. The molecule has 0 unspecified atom stereocenters. The van der Waals surface area contributed by atoms with Crippen LogP contribution in [0.5, 0.6) is 0 Å². The smallest absolute Gasteiger partial charge is 0.416 e. The van der Waals surface area contributed by atoms with Crippen LogP contribution in [0, 0.1) is 17.2 Å². The summed E-state index contributed by atoms with van der Waals surface area (Å²) in [5.41, 5.74) is -4.40. The summed E-state index contributed by atoms with van der Waals surface area (Å²) in [7, 11) is 0. The van der Waals surface area contributed by atoms with Crippen molar-refractivity contribution in [1.82, 2.24) is 5.32 Å². The molecule has 0 radical (unpaired) electrons. The summed E-state index contributed by atoms with van der Waals surface area (Å²) in [6.45, 7) is 5.63. The number of carbonyl (C=O) groups excluding carboxylic acids is 2. The van der Waals surface area contributed by atoms with Gasteiger partial charge in [-0.2, -0.15) is 18.4 Å². The van der Waals surface area contributed by atoms with Gasteiger partial charge in [-0.25, -0.2) is 4.79 Å². The Kier molecular flexibility index (Phi) is 10.5. The Morgan fingerprint density at radius 1 is 1.14 bits per heavy atom. The maximum absolute atomic E-state index is 14.1. The lowest BCUT2D eigenvalue weighted by atomic mass is 9.70. The minimum absolute atomic E-state index is 0.0276. The summed E-state index contributed by atoms with van der Waals surface area (Å²) in [5, 5.41) is 23.3. The number of nitriles is 1. The number of nitrogens with zero attached hydrogens (tertiary/aromatic N) is 1. The Morgan fingerprint density at radius 2 is 1.76 bits per heavy atom. The average molecular weight is 529 g/mol. The molecule has 1 heterocycles. The van der Waals surface area contributed by atoms with Crippen LogP contribution in [-0.2, 0) is 34.7 Å². The van der Waals surface area contributed by atoms with Gasteiger partial charge in [0, 0.05) is 24.8 Å². The highest BCUT2D eigenvalue weighted by molar-refractivity contribution is 5.94. The number of hydrogen-bond donors (Lipinski definition) is 2. The molecule has 0 aromatic heterocycles. The Bertz CT molecular complexity index is 1030. The van der Waals surface area contributed by atoms with Gasteiger partial charge >= 0.3 is 18.1 Å². The second-order valence-electron chi connectivity index (χ2n) is 8.07. The topological polar surface area (TPSA) is 127 Å². The number of allylic oxidation sites excluding steroid dienone is 1. The summed E-state index contributed by atoms with van der Waals surface area (Å²) >= 11 is 0. The van der Waals surface area contributed by atoms with Gasteiger partial charge in [0.05, 0.1) is 30.2 Å². The lowest BCUT2D eigenvalue weighted by molar-refractivity contribution is -0.266. The van der Waals surface area contributed by atoms with Crippen molar-refractivity contribution in [3.8, 4) is 6.07 Å². The van der Waals surface area contributed by atoms with E-state index in [4.69, 9.17) is 24.2 Å². The van der Waals surface area contributed by atoms with E-state index in [9.17, 15) is 27.9 Å². The fourth-order valence-electron chi connectivity index (χ4n) is 4.37. The van der Waals surface area contributed by atoms with Gasteiger partial charge in [-0.1, -0.05) is 18.2 Å². The van der Waals surface area contributed by atoms with Gasteiger partial charge in [-0.3, -0.25) is 4.79 Å². The zero-order valence-corrected chi connectivity index (χ0v) is 21.1. The van der Waals surface area contributed by atoms with E-state index >= 15 is 0 Å². The summed E-state index contributed by atoms with van der Waals surface area (Å²) in [4.78, 5) is 26.6. The van der Waals surface area contributed by atoms with E-state index in [2.05, 4.69) is 5.32 Å². The first-order valence-corrected chi connectivity index (χ1v) is 11.8. The highest BCUT2D eigenvalue weighted by Gasteiger charge is 2.59. The van der Waals surface area contributed by atoms with Crippen molar-refractivity contribution < 1.29 is 46.8 Å². The summed E-state index contributed by atoms with van der Waals surface area (Å²) in [6.07, 6.45) is -6.54. The van der Waals surface area contributed by atoms with Crippen molar-refractivity contribution in [2.45, 2.75) is 58.2 Å². The van der Waals surface area contributed by atoms with E-state index in [-0.39, 0.29) is 44.1 Å². The van der Waals surface area contributed by atoms with Gasteiger partial charge in [-0.15, -0.1) is 0 Å². The van der Waals surface area contributed by atoms with Crippen molar-refractivity contribution >= 4 is 11.9 Å². The van der Waals surface area contributed by atoms with Crippen molar-refractivity contribution in [2.75, 3.05) is 26.4 Å². The predicted octanol–water partition coefficient (Wildman–Crippen LogP) is 3.39. The van der Waals surface area contributed by atoms with E-state index in [1.54, 1.807) is 19.9 Å². The number of nitrogens with one attached hydrogen (secondary N) is 1. The number of rotatable bonds is 11. The van der Waals surface area contributed by atoms with Gasteiger partial charge in [0.25, 0.3) is 0 Å². The average Bonchev–Trinajstić information content (AvgIpc) is 2.83. The molecule has 2 rings (SSSR count). The molecule has 2 N–H and O–H groups in total. The van der Waals surface area contributed by atoms with Crippen molar-refractivity contribution in [3.05, 3.63) is 46.7 Å². The number of ether oxygens (including phenoxy) is 4. The van der Waals surface area contributed by atoms with Gasteiger partial charge in [-0.05, 0) is 39.3 Å². The van der Waals surface area contributed by atoms with Crippen LogP contribution in [0.3, 0.4) is 0 Å². The van der Waals surface area contributed by atoms with Crippen LogP contribution in [0.15, 0.2) is 35.5 Å². The molecule has 0 fully saturated rings. The maximum Gasteiger partial charge on any atom is 0.416 e. The van der Waals surface area contributed by atoms with Crippen LogP contribution in [0.4, 0.5) is 13.2 Å². The predicted molar refractivity (Wildman–Crippen MR) is 123 cm³/mol. The highest BCUT2D eigenvalue weighted by atomic mass is 19.4. The largest absolute Gasteiger partial charge is 0.466 e. The Balaban J connectivity index is 2.90. The lowest BCUT2D eigenvalue weighted by Gasteiger charge is -2.48. The maximum atomic E-state index is 14.1. The molecule has 0 amide bonds. The number of esters is 2. The standard InChI is InChI=1S/C25H31F3N2O7/c1-5-34-22(32)20-19(16-11-8-9-12-17(16)25(26,27)28)18(21(31)37-14-10-13-29)15(4)30-24(20,33)23(35-6-2)36-7-3/h8-9,11-12,19-20,23,30,33H,5-7,10,14H2,1-4H3/t19-,20-,24-/m0/s1. The number of benzene rings is 1.